The van der Waals surface area contributed by atoms with Gasteiger partial charge in [0.05, 0.1) is 23.8 Å². The molecule has 0 spiro atoms. The van der Waals surface area contributed by atoms with E-state index in [1.54, 1.807) is 90.6 Å². The summed E-state index contributed by atoms with van der Waals surface area (Å²) in [7, 11) is 3.16. The first-order chi connectivity index (χ1) is 22.8. The lowest BCUT2D eigenvalue weighted by atomic mass is 9.81. The fourth-order valence-corrected chi connectivity index (χ4v) is 4.45. The van der Waals surface area contributed by atoms with E-state index in [0.717, 1.165) is 5.76 Å². The molecule has 3 unspecified atom stereocenters. The fourth-order valence-electron chi connectivity index (χ4n) is 4.45. The van der Waals surface area contributed by atoms with E-state index in [4.69, 9.17) is 18.6 Å². The lowest BCUT2D eigenvalue weighted by Crippen LogP contribution is -2.61. The number of rotatable bonds is 18. The summed E-state index contributed by atoms with van der Waals surface area (Å²) in [5, 5.41) is 16.3. The molecule has 3 atom stereocenters. The predicted molar refractivity (Wildman–Crippen MR) is 183 cm³/mol. The van der Waals surface area contributed by atoms with Gasteiger partial charge in [-0.25, -0.2) is 4.98 Å². The van der Waals surface area contributed by atoms with E-state index in [1.807, 2.05) is 31.2 Å². The number of aliphatic hydroxyl groups excluding tert-OH is 1. The summed E-state index contributed by atoms with van der Waals surface area (Å²) in [6.45, 7) is 9.22. The third kappa shape index (κ3) is 13.0. The average Bonchev–Trinajstić information content (AvgIpc) is 3.71. The summed E-state index contributed by atoms with van der Waals surface area (Å²) in [4.78, 5) is 43.7. The van der Waals surface area contributed by atoms with Gasteiger partial charge >= 0.3 is 0 Å². The minimum Gasteiger partial charge on any atom is -0.446 e. The summed E-state index contributed by atoms with van der Waals surface area (Å²) in [5.41, 5.74) is -1.97. The van der Waals surface area contributed by atoms with Crippen LogP contribution in [0.2, 0.25) is 0 Å². The van der Waals surface area contributed by atoms with Crippen molar-refractivity contribution < 1.29 is 38.1 Å². The molecular weight excluding hydrogens is 616 g/mol. The monoisotopic (exact) mass is 666 g/mol. The molecule has 3 N–H and O–H groups in total. The van der Waals surface area contributed by atoms with Crippen molar-refractivity contribution in [3.63, 3.8) is 0 Å². The Morgan fingerprint density at radius 2 is 1.77 bits per heavy atom. The minimum absolute atomic E-state index is 0.0973. The van der Waals surface area contributed by atoms with Crippen LogP contribution in [0.5, 0.6) is 0 Å². The van der Waals surface area contributed by atoms with Crippen LogP contribution >= 0.6 is 0 Å². The normalized spacial score (nSPS) is 19.0. The maximum atomic E-state index is 13.0. The SMILES string of the molecule is COC(C)CN(C)C(=O)C1(NC(=O)/C=C/C=C/C=C/C=C\CNC(=O)C(C)(C)C(O)\C(C)=C/C=C\C=C\Cc2cnc(C)o2)COCO1. The quantitative estimate of drug-likeness (QED) is 0.158. The average molecular weight is 667 g/mol. The van der Waals surface area contributed by atoms with Crippen molar-refractivity contribution in [2.45, 2.75) is 59.0 Å². The molecular formula is C36H50N4O8. The number of nitrogens with one attached hydrogen (secondary N) is 2. The van der Waals surface area contributed by atoms with Crippen molar-refractivity contribution in [1.29, 1.82) is 0 Å². The number of aryl methyl sites for hydroxylation is 1. The second-order valence-corrected chi connectivity index (χ2v) is 11.8. The van der Waals surface area contributed by atoms with Gasteiger partial charge in [0.25, 0.3) is 5.91 Å². The largest absolute Gasteiger partial charge is 0.446 e. The Morgan fingerprint density at radius 1 is 1.10 bits per heavy atom. The molecule has 2 heterocycles. The van der Waals surface area contributed by atoms with Gasteiger partial charge in [0, 0.05) is 46.7 Å². The summed E-state index contributed by atoms with van der Waals surface area (Å²) in [6.07, 6.45) is 23.7. The zero-order valence-corrected chi connectivity index (χ0v) is 29.0. The van der Waals surface area contributed by atoms with Gasteiger partial charge in [0.15, 0.2) is 12.7 Å². The topological polar surface area (TPSA) is 152 Å². The van der Waals surface area contributed by atoms with Gasteiger partial charge in [0.2, 0.25) is 17.5 Å². The third-order valence-corrected chi connectivity index (χ3v) is 7.37. The molecule has 1 aliphatic rings. The summed E-state index contributed by atoms with van der Waals surface area (Å²) in [5.74, 6) is 0.205. The number of hydrogen-bond acceptors (Lipinski definition) is 9. The molecule has 0 bridgehead atoms. The molecule has 1 aliphatic heterocycles. The highest BCUT2D eigenvalue weighted by Crippen LogP contribution is 2.26. The number of nitrogens with zero attached hydrogens (tertiary/aromatic N) is 2. The number of ether oxygens (including phenoxy) is 3. The van der Waals surface area contributed by atoms with Gasteiger partial charge in [-0.3, -0.25) is 14.4 Å². The van der Waals surface area contributed by atoms with Crippen LogP contribution in [0, 0.1) is 12.3 Å². The molecule has 2 rings (SSSR count). The minimum atomic E-state index is -1.59. The van der Waals surface area contributed by atoms with Crippen LogP contribution in [-0.2, 0) is 35.0 Å². The van der Waals surface area contributed by atoms with Gasteiger partial charge in [-0.1, -0.05) is 72.9 Å². The van der Waals surface area contributed by atoms with E-state index in [1.165, 1.54) is 17.1 Å². The number of hydrogen-bond donors (Lipinski definition) is 3. The zero-order chi connectivity index (χ0) is 35.6. The highest BCUT2D eigenvalue weighted by atomic mass is 16.7. The van der Waals surface area contributed by atoms with Crippen molar-refractivity contribution in [1.82, 2.24) is 20.5 Å². The first kappa shape index (κ1) is 39.8. The fraction of sp³-hybridized carbons (Fsp3) is 0.444. The highest BCUT2D eigenvalue weighted by molar-refractivity contribution is 5.95. The smallest absolute Gasteiger partial charge is 0.278 e. The third-order valence-electron chi connectivity index (χ3n) is 7.37. The van der Waals surface area contributed by atoms with Gasteiger partial charge < -0.3 is 39.3 Å². The van der Waals surface area contributed by atoms with Crippen LogP contribution in [0.15, 0.2) is 95.2 Å². The maximum absolute atomic E-state index is 13.0. The van der Waals surface area contributed by atoms with Crippen molar-refractivity contribution in [3.8, 4) is 0 Å². The molecule has 0 aliphatic carbocycles. The summed E-state index contributed by atoms with van der Waals surface area (Å²) >= 11 is 0. The van der Waals surface area contributed by atoms with Gasteiger partial charge in [0.1, 0.15) is 12.4 Å². The van der Waals surface area contributed by atoms with E-state index in [2.05, 4.69) is 15.6 Å². The molecule has 1 aromatic rings. The number of likely N-dealkylation sites (N-methyl/N-ethyl adjacent to an activating group) is 1. The highest BCUT2D eigenvalue weighted by Gasteiger charge is 2.47. The first-order valence-corrected chi connectivity index (χ1v) is 15.7. The molecule has 12 nitrogen and oxygen atoms in total. The Hall–Kier alpha value is -4.36. The van der Waals surface area contributed by atoms with Crippen LogP contribution in [-0.4, -0.2) is 91.3 Å². The standard InChI is InChI=1S/C36H50N4O8/c1-27(19-15-12-13-16-20-30-23-38-29(3)48-30)32(42)35(4,5)33(43)37-22-18-14-10-8-9-11-17-21-31(41)39-36(25-46-26-47-36)34(44)40(6)24-28(2)45-7/h8-19,21,23,28,32,42H,20,22,24-26H2,1-7H3,(H,37,43)(H,39,41)/b10-8+,11-9+,15-12-,16-13+,18-14-,21-17+,27-19-. The number of carbonyl (C=O) groups excluding carboxylic acids is 3. The van der Waals surface area contributed by atoms with Crippen LogP contribution in [0.25, 0.3) is 0 Å². The molecule has 48 heavy (non-hydrogen) atoms. The van der Waals surface area contributed by atoms with Gasteiger partial charge in [-0.05, 0) is 33.3 Å². The van der Waals surface area contributed by atoms with Crippen molar-refractivity contribution in [2.75, 3.05) is 40.6 Å². The van der Waals surface area contributed by atoms with Crippen molar-refractivity contribution >= 4 is 17.7 Å². The number of aliphatic hydroxyl groups is 1. The Morgan fingerprint density at radius 3 is 2.42 bits per heavy atom. The van der Waals surface area contributed by atoms with E-state index < -0.39 is 29.1 Å². The number of allylic oxidation sites excluding steroid dienone is 11. The van der Waals surface area contributed by atoms with E-state index >= 15 is 0 Å². The lowest BCUT2D eigenvalue weighted by Gasteiger charge is -2.31. The van der Waals surface area contributed by atoms with E-state index in [0.29, 0.717) is 24.4 Å². The van der Waals surface area contributed by atoms with Crippen LogP contribution in [0.4, 0.5) is 0 Å². The van der Waals surface area contributed by atoms with Crippen LogP contribution in [0.1, 0.15) is 39.3 Å². The second-order valence-electron chi connectivity index (χ2n) is 11.8. The number of amides is 3. The predicted octanol–water partition coefficient (Wildman–Crippen LogP) is 3.62. The van der Waals surface area contributed by atoms with Crippen molar-refractivity contribution in [2.24, 2.45) is 5.41 Å². The number of aromatic nitrogens is 1. The number of methoxy groups -OCH3 is 1. The Kier molecular flexibility index (Phi) is 16.7. The number of carbonyl (C=O) groups is 3. The van der Waals surface area contributed by atoms with Crippen molar-refractivity contribution in [3.05, 3.63) is 102 Å². The molecule has 0 saturated carbocycles. The Balaban J connectivity index is 1.75. The lowest BCUT2D eigenvalue weighted by molar-refractivity contribution is -0.158. The Bertz CT molecular complexity index is 1410. The number of oxazole rings is 1. The summed E-state index contributed by atoms with van der Waals surface area (Å²) < 4.78 is 21.3. The van der Waals surface area contributed by atoms with Crippen LogP contribution in [0.3, 0.4) is 0 Å². The van der Waals surface area contributed by atoms with Crippen LogP contribution < -0.4 is 10.6 Å². The molecule has 1 fully saturated rings. The zero-order valence-electron chi connectivity index (χ0n) is 29.0. The second kappa shape index (κ2) is 20.1. The molecule has 0 radical (unpaired) electrons. The summed E-state index contributed by atoms with van der Waals surface area (Å²) in [6, 6.07) is 0. The van der Waals surface area contributed by atoms with E-state index in [9.17, 15) is 19.5 Å². The molecule has 1 aromatic heterocycles. The molecule has 0 aromatic carbocycles. The maximum Gasteiger partial charge on any atom is 0.278 e. The molecule has 262 valence electrons. The Labute approximate surface area is 283 Å². The molecule has 12 heteroatoms. The molecule has 1 saturated heterocycles. The first-order valence-electron chi connectivity index (χ1n) is 15.7. The van der Waals surface area contributed by atoms with E-state index in [-0.39, 0.29) is 32.0 Å². The van der Waals surface area contributed by atoms with Gasteiger partial charge in [-0.15, -0.1) is 0 Å². The van der Waals surface area contributed by atoms with Gasteiger partial charge in [-0.2, -0.15) is 0 Å². The molecule has 3 amide bonds.